The van der Waals surface area contributed by atoms with E-state index in [0.29, 0.717) is 6.42 Å². The molecule has 0 aromatic heterocycles. The van der Waals surface area contributed by atoms with Crippen molar-refractivity contribution in [2.45, 2.75) is 58.0 Å². The van der Waals surface area contributed by atoms with Crippen LogP contribution in [0.25, 0.3) is 0 Å². The van der Waals surface area contributed by atoms with Gasteiger partial charge in [-0.15, -0.1) is 0 Å². The lowest BCUT2D eigenvalue weighted by molar-refractivity contribution is -0.143. The van der Waals surface area contributed by atoms with Gasteiger partial charge >= 0.3 is 0 Å². The first-order chi connectivity index (χ1) is 10.3. The zero-order valence-corrected chi connectivity index (χ0v) is 14.3. The van der Waals surface area contributed by atoms with Crippen molar-refractivity contribution in [2.24, 2.45) is 0 Å². The standard InChI is InChI=1S/C15H26N2O4S/c1-3-13-6-4-5-8-16(13)15(19)10-17(12(2)18)14-7-9-22(20,21)11-14/h13-14H,3-11H2,1-2H3. The van der Waals surface area contributed by atoms with Crippen molar-refractivity contribution in [3.8, 4) is 0 Å². The molecule has 2 atom stereocenters. The average molecular weight is 330 g/mol. The van der Waals surface area contributed by atoms with Crippen molar-refractivity contribution in [1.82, 2.24) is 9.80 Å². The van der Waals surface area contributed by atoms with Gasteiger partial charge in [0, 0.05) is 25.6 Å². The second kappa shape index (κ2) is 6.98. The van der Waals surface area contributed by atoms with Gasteiger partial charge in [-0.1, -0.05) is 6.92 Å². The number of piperidine rings is 1. The van der Waals surface area contributed by atoms with E-state index in [1.165, 1.54) is 11.8 Å². The second-order valence-corrected chi connectivity index (χ2v) is 8.58. The molecule has 0 aromatic carbocycles. The quantitative estimate of drug-likeness (QED) is 0.764. The molecule has 0 saturated carbocycles. The van der Waals surface area contributed by atoms with Gasteiger partial charge in [-0.25, -0.2) is 8.42 Å². The maximum atomic E-state index is 12.6. The van der Waals surface area contributed by atoms with Gasteiger partial charge in [0.05, 0.1) is 11.5 Å². The Hall–Kier alpha value is -1.11. The minimum absolute atomic E-state index is 0.00597. The van der Waals surface area contributed by atoms with Crippen molar-refractivity contribution < 1.29 is 18.0 Å². The van der Waals surface area contributed by atoms with Crippen LogP contribution >= 0.6 is 0 Å². The molecule has 2 aliphatic rings. The third-order valence-corrected chi connectivity index (χ3v) is 6.53. The number of carbonyl (C=O) groups is 2. The third kappa shape index (κ3) is 4.00. The Morgan fingerprint density at radius 3 is 2.50 bits per heavy atom. The van der Waals surface area contributed by atoms with Crippen LogP contribution in [0.1, 0.15) is 46.0 Å². The third-order valence-electron chi connectivity index (χ3n) is 4.78. The molecule has 2 amide bonds. The lowest BCUT2D eigenvalue weighted by atomic mass is 10.00. The molecule has 2 heterocycles. The number of sulfone groups is 1. The van der Waals surface area contributed by atoms with Gasteiger partial charge in [0.25, 0.3) is 0 Å². The smallest absolute Gasteiger partial charge is 0.242 e. The van der Waals surface area contributed by atoms with Gasteiger partial charge in [-0.05, 0) is 32.1 Å². The van der Waals surface area contributed by atoms with Crippen LogP contribution < -0.4 is 0 Å². The summed E-state index contributed by atoms with van der Waals surface area (Å²) < 4.78 is 23.2. The summed E-state index contributed by atoms with van der Waals surface area (Å²) in [5.74, 6) is -0.180. The number of likely N-dealkylation sites (tertiary alicyclic amines) is 1. The number of nitrogens with zero attached hydrogens (tertiary/aromatic N) is 2. The largest absolute Gasteiger partial charge is 0.338 e. The van der Waals surface area contributed by atoms with E-state index in [2.05, 4.69) is 6.92 Å². The number of hydrogen-bond donors (Lipinski definition) is 0. The monoisotopic (exact) mass is 330 g/mol. The van der Waals surface area contributed by atoms with Crippen molar-refractivity contribution in [3.63, 3.8) is 0 Å². The fraction of sp³-hybridized carbons (Fsp3) is 0.867. The molecule has 6 nitrogen and oxygen atoms in total. The molecule has 2 aliphatic heterocycles. The highest BCUT2D eigenvalue weighted by molar-refractivity contribution is 7.91. The summed E-state index contributed by atoms with van der Waals surface area (Å²) in [4.78, 5) is 27.8. The molecule has 126 valence electrons. The molecular weight excluding hydrogens is 304 g/mol. The van der Waals surface area contributed by atoms with Crippen molar-refractivity contribution in [3.05, 3.63) is 0 Å². The first-order valence-corrected chi connectivity index (χ1v) is 9.93. The maximum Gasteiger partial charge on any atom is 0.242 e. The average Bonchev–Trinajstić information content (AvgIpc) is 2.83. The van der Waals surface area contributed by atoms with E-state index < -0.39 is 9.84 Å². The second-order valence-electron chi connectivity index (χ2n) is 6.35. The van der Waals surface area contributed by atoms with Gasteiger partial charge in [-0.2, -0.15) is 0 Å². The Balaban J connectivity index is 2.04. The minimum Gasteiger partial charge on any atom is -0.338 e. The normalized spacial score (nSPS) is 27.6. The van der Waals surface area contributed by atoms with Crippen molar-refractivity contribution in [1.29, 1.82) is 0 Å². The number of rotatable bonds is 4. The Morgan fingerprint density at radius 1 is 1.23 bits per heavy atom. The lowest BCUT2D eigenvalue weighted by Crippen LogP contribution is -2.51. The Morgan fingerprint density at radius 2 is 1.95 bits per heavy atom. The molecule has 0 bridgehead atoms. The van der Waals surface area contributed by atoms with E-state index in [4.69, 9.17) is 0 Å². The molecule has 2 rings (SSSR count). The van der Waals surface area contributed by atoms with E-state index in [0.717, 1.165) is 32.2 Å². The van der Waals surface area contributed by atoms with E-state index in [-0.39, 0.29) is 41.9 Å². The number of carbonyl (C=O) groups excluding carboxylic acids is 2. The SMILES string of the molecule is CCC1CCCCN1C(=O)CN(C(C)=O)C1CCS(=O)(=O)C1. The van der Waals surface area contributed by atoms with Crippen molar-refractivity contribution >= 4 is 21.7 Å². The van der Waals surface area contributed by atoms with Crippen LogP contribution in [0.5, 0.6) is 0 Å². The highest BCUT2D eigenvalue weighted by Gasteiger charge is 2.36. The molecular formula is C15H26N2O4S. The van der Waals surface area contributed by atoms with Crippen LogP contribution in [0.2, 0.25) is 0 Å². The molecule has 2 saturated heterocycles. The van der Waals surface area contributed by atoms with Crippen molar-refractivity contribution in [2.75, 3.05) is 24.6 Å². The first-order valence-electron chi connectivity index (χ1n) is 8.11. The molecule has 22 heavy (non-hydrogen) atoms. The molecule has 0 radical (unpaired) electrons. The molecule has 0 N–H and O–H groups in total. The van der Waals surface area contributed by atoms with E-state index in [9.17, 15) is 18.0 Å². The Labute approximate surface area is 132 Å². The Kier molecular flexibility index (Phi) is 5.47. The van der Waals surface area contributed by atoms with Crippen LogP contribution in [0.3, 0.4) is 0 Å². The molecule has 2 fully saturated rings. The summed E-state index contributed by atoms with van der Waals surface area (Å²) in [5.41, 5.74) is 0. The van der Waals surface area contributed by atoms with Gasteiger partial charge in [0.15, 0.2) is 9.84 Å². The summed E-state index contributed by atoms with van der Waals surface area (Å²) in [6, 6.07) is -0.0984. The molecule has 0 spiro atoms. The van der Waals surface area contributed by atoms with Gasteiger partial charge in [0.2, 0.25) is 11.8 Å². The van der Waals surface area contributed by atoms with Gasteiger partial charge in [0.1, 0.15) is 6.54 Å². The van der Waals surface area contributed by atoms with Crippen LogP contribution in [0.4, 0.5) is 0 Å². The predicted molar refractivity (Wildman–Crippen MR) is 84.1 cm³/mol. The molecule has 0 aliphatic carbocycles. The van der Waals surface area contributed by atoms with Crippen LogP contribution in [-0.2, 0) is 19.4 Å². The van der Waals surface area contributed by atoms with E-state index in [1.54, 1.807) is 0 Å². The summed E-state index contributed by atoms with van der Waals surface area (Å²) >= 11 is 0. The first kappa shape index (κ1) is 17.2. The van der Waals surface area contributed by atoms with Crippen LogP contribution in [0, 0.1) is 0 Å². The van der Waals surface area contributed by atoms with Crippen LogP contribution in [-0.4, -0.2) is 66.7 Å². The van der Waals surface area contributed by atoms with E-state index >= 15 is 0 Å². The summed E-state index contributed by atoms with van der Waals surface area (Å²) in [6.07, 6.45) is 4.51. The minimum atomic E-state index is -3.07. The summed E-state index contributed by atoms with van der Waals surface area (Å²) in [7, 11) is -3.07. The topological polar surface area (TPSA) is 74.8 Å². The fourth-order valence-electron chi connectivity index (χ4n) is 3.51. The Bertz CT molecular complexity index is 532. The summed E-state index contributed by atoms with van der Waals surface area (Å²) in [5, 5.41) is 0. The van der Waals surface area contributed by atoms with E-state index in [1.807, 2.05) is 4.90 Å². The highest BCUT2D eigenvalue weighted by atomic mass is 32.2. The predicted octanol–water partition coefficient (Wildman–Crippen LogP) is 0.813. The molecule has 0 aromatic rings. The molecule has 7 heteroatoms. The summed E-state index contributed by atoms with van der Waals surface area (Å²) in [6.45, 7) is 4.23. The number of amides is 2. The lowest BCUT2D eigenvalue weighted by Gasteiger charge is -2.37. The maximum absolute atomic E-state index is 12.6. The zero-order chi connectivity index (χ0) is 16.3. The van der Waals surface area contributed by atoms with Gasteiger partial charge in [-0.3, -0.25) is 9.59 Å². The number of hydrogen-bond acceptors (Lipinski definition) is 4. The zero-order valence-electron chi connectivity index (χ0n) is 13.5. The fourth-order valence-corrected chi connectivity index (χ4v) is 5.24. The highest BCUT2D eigenvalue weighted by Crippen LogP contribution is 2.22. The van der Waals surface area contributed by atoms with Gasteiger partial charge < -0.3 is 9.80 Å². The van der Waals surface area contributed by atoms with Crippen LogP contribution in [0.15, 0.2) is 0 Å². The molecule has 2 unspecified atom stereocenters.